The first-order valence-corrected chi connectivity index (χ1v) is 2.47. The van der Waals surface area contributed by atoms with Crippen molar-refractivity contribution >= 4 is 0 Å². The van der Waals surface area contributed by atoms with Crippen LogP contribution in [0.1, 0.15) is 6.92 Å². The Hall–Kier alpha value is -0.930. The molecule has 0 aliphatic heterocycles. The van der Waals surface area contributed by atoms with Gasteiger partial charge in [-0.25, -0.2) is 4.98 Å². The van der Waals surface area contributed by atoms with Crippen molar-refractivity contribution in [1.82, 2.24) is 9.55 Å². The molecular formula is C5H6F2N2. The summed E-state index contributed by atoms with van der Waals surface area (Å²) in [7, 11) is 0. The average Bonchev–Trinajstić information content (AvgIpc) is 2.08. The van der Waals surface area contributed by atoms with E-state index in [-0.39, 0.29) is 0 Å². The van der Waals surface area contributed by atoms with Crippen molar-refractivity contribution in [1.29, 1.82) is 0 Å². The van der Waals surface area contributed by atoms with E-state index in [1.54, 1.807) is 0 Å². The molecule has 0 spiro atoms. The molecule has 9 heavy (non-hydrogen) atoms. The lowest BCUT2D eigenvalue weighted by atomic mass is 10.6. The Morgan fingerprint density at radius 1 is 1.56 bits per heavy atom. The number of hydrogen-bond donors (Lipinski definition) is 0. The zero-order valence-electron chi connectivity index (χ0n) is 4.88. The highest BCUT2D eigenvalue weighted by atomic mass is 19.3. The van der Waals surface area contributed by atoms with E-state index in [9.17, 15) is 8.78 Å². The summed E-state index contributed by atoms with van der Waals surface area (Å²) in [6, 6.07) is -2.82. The molecule has 0 N–H and O–H groups in total. The molecule has 1 aromatic heterocycles. The van der Waals surface area contributed by atoms with Gasteiger partial charge < -0.3 is 0 Å². The lowest BCUT2D eigenvalue weighted by Gasteiger charge is -2.09. The number of rotatable bonds is 1. The molecule has 0 radical (unpaired) electrons. The predicted octanol–water partition coefficient (Wildman–Crippen LogP) is 1.45. The molecule has 1 heterocycles. The maximum atomic E-state index is 12.2. The van der Waals surface area contributed by atoms with Crippen molar-refractivity contribution in [3.8, 4) is 0 Å². The van der Waals surface area contributed by atoms with Gasteiger partial charge in [0.1, 0.15) is 0 Å². The molecular weight excluding hydrogens is 126 g/mol. The third kappa shape index (κ3) is 1.25. The minimum Gasteiger partial charge on any atom is -0.278 e. The predicted molar refractivity (Wildman–Crippen MR) is 28.1 cm³/mol. The van der Waals surface area contributed by atoms with E-state index < -0.39 is 6.05 Å². The largest absolute Gasteiger partial charge is 0.327 e. The Balaban J connectivity index is 2.90. The van der Waals surface area contributed by atoms with E-state index in [4.69, 9.17) is 0 Å². The molecule has 0 aromatic carbocycles. The Bertz CT molecular complexity index is 175. The van der Waals surface area contributed by atoms with E-state index >= 15 is 0 Å². The molecule has 50 valence electrons. The normalized spacial score (nSPS) is 11.9. The van der Waals surface area contributed by atoms with Crippen LogP contribution in [0.25, 0.3) is 0 Å². The Kier molecular flexibility index (Phi) is 1.23. The fourth-order valence-electron chi connectivity index (χ4n) is 0.491. The van der Waals surface area contributed by atoms with Crippen molar-refractivity contribution in [3.05, 3.63) is 18.7 Å². The zero-order valence-corrected chi connectivity index (χ0v) is 4.88. The lowest BCUT2D eigenvalue weighted by Crippen LogP contribution is -2.15. The third-order valence-electron chi connectivity index (χ3n) is 0.958. The molecule has 2 nitrogen and oxygen atoms in total. The molecule has 0 bridgehead atoms. The van der Waals surface area contributed by atoms with E-state index in [0.717, 1.165) is 17.8 Å². The van der Waals surface area contributed by atoms with Crippen LogP contribution in [0.15, 0.2) is 18.7 Å². The number of imidazole rings is 1. The van der Waals surface area contributed by atoms with Gasteiger partial charge in [-0.1, -0.05) is 0 Å². The molecule has 0 atom stereocenters. The van der Waals surface area contributed by atoms with Gasteiger partial charge in [-0.15, -0.1) is 0 Å². The number of halogens is 2. The quantitative estimate of drug-likeness (QED) is 0.565. The maximum absolute atomic E-state index is 12.2. The Labute approximate surface area is 51.1 Å². The van der Waals surface area contributed by atoms with E-state index in [0.29, 0.717) is 0 Å². The first-order chi connectivity index (χ1) is 4.11. The van der Waals surface area contributed by atoms with Crippen molar-refractivity contribution in [2.24, 2.45) is 0 Å². The monoisotopic (exact) mass is 132 g/mol. The molecule has 0 unspecified atom stereocenters. The topological polar surface area (TPSA) is 17.8 Å². The molecule has 0 amide bonds. The highest BCUT2D eigenvalue weighted by molar-refractivity contribution is 4.77. The maximum Gasteiger partial charge on any atom is 0.327 e. The molecule has 0 saturated heterocycles. The first kappa shape index (κ1) is 6.19. The van der Waals surface area contributed by atoms with Crippen molar-refractivity contribution in [2.75, 3.05) is 0 Å². The van der Waals surface area contributed by atoms with Crippen LogP contribution in [0.3, 0.4) is 0 Å². The SMILES string of the molecule is CC(F)(F)n1ccnc1. The molecule has 0 aliphatic carbocycles. The van der Waals surface area contributed by atoms with Crippen molar-refractivity contribution < 1.29 is 8.78 Å². The van der Waals surface area contributed by atoms with Crippen molar-refractivity contribution in [2.45, 2.75) is 13.0 Å². The summed E-state index contributed by atoms with van der Waals surface area (Å²) in [4.78, 5) is 3.47. The van der Waals surface area contributed by atoms with Crippen LogP contribution in [0.5, 0.6) is 0 Å². The standard InChI is InChI=1S/C5H6F2N2/c1-5(6,7)9-3-2-8-4-9/h2-4H,1H3. The van der Waals surface area contributed by atoms with Crippen molar-refractivity contribution in [3.63, 3.8) is 0 Å². The van der Waals surface area contributed by atoms with Crippen LogP contribution in [0, 0.1) is 0 Å². The van der Waals surface area contributed by atoms with E-state index in [1.165, 1.54) is 12.4 Å². The van der Waals surface area contributed by atoms with Crippen LogP contribution < -0.4 is 0 Å². The number of aromatic nitrogens is 2. The summed E-state index contributed by atoms with van der Waals surface area (Å²) in [5.74, 6) is 0. The molecule has 0 aliphatic rings. The van der Waals surface area contributed by atoms with Gasteiger partial charge in [-0.2, -0.15) is 8.78 Å². The summed E-state index contributed by atoms with van der Waals surface area (Å²) in [5, 5.41) is 0. The molecule has 0 fully saturated rings. The first-order valence-electron chi connectivity index (χ1n) is 2.47. The van der Waals surface area contributed by atoms with Gasteiger partial charge in [0.2, 0.25) is 0 Å². The third-order valence-corrected chi connectivity index (χ3v) is 0.958. The second-order valence-corrected chi connectivity index (χ2v) is 1.81. The minimum absolute atomic E-state index is 0.743. The highest BCUT2D eigenvalue weighted by Gasteiger charge is 2.21. The fourth-order valence-corrected chi connectivity index (χ4v) is 0.491. The van der Waals surface area contributed by atoms with Gasteiger partial charge in [-0.3, -0.25) is 4.57 Å². The molecule has 1 aromatic rings. The van der Waals surface area contributed by atoms with Gasteiger partial charge in [0.05, 0.1) is 6.33 Å². The van der Waals surface area contributed by atoms with E-state index in [2.05, 4.69) is 4.98 Å². The summed E-state index contributed by atoms with van der Waals surface area (Å²) in [6.07, 6.45) is 3.62. The second kappa shape index (κ2) is 1.79. The highest BCUT2D eigenvalue weighted by Crippen LogP contribution is 2.17. The summed E-state index contributed by atoms with van der Waals surface area (Å²) in [5.41, 5.74) is 0. The summed E-state index contributed by atoms with van der Waals surface area (Å²) in [6.45, 7) is 0.814. The van der Waals surface area contributed by atoms with Gasteiger partial charge in [0.25, 0.3) is 0 Å². The Morgan fingerprint density at radius 2 is 2.22 bits per heavy atom. The van der Waals surface area contributed by atoms with Gasteiger partial charge >= 0.3 is 6.05 Å². The van der Waals surface area contributed by atoms with Crippen LogP contribution in [0.4, 0.5) is 8.78 Å². The van der Waals surface area contributed by atoms with Crippen LogP contribution in [-0.2, 0) is 6.05 Å². The summed E-state index contributed by atoms with van der Waals surface area (Å²) >= 11 is 0. The fraction of sp³-hybridized carbons (Fsp3) is 0.400. The average molecular weight is 132 g/mol. The summed E-state index contributed by atoms with van der Waals surface area (Å²) < 4.78 is 25.2. The number of hydrogen-bond acceptors (Lipinski definition) is 1. The van der Waals surface area contributed by atoms with Crippen LogP contribution in [-0.4, -0.2) is 9.55 Å². The van der Waals surface area contributed by atoms with E-state index in [1.807, 2.05) is 0 Å². The van der Waals surface area contributed by atoms with Crippen LogP contribution >= 0.6 is 0 Å². The van der Waals surface area contributed by atoms with Crippen LogP contribution in [0.2, 0.25) is 0 Å². The lowest BCUT2D eigenvalue weighted by molar-refractivity contribution is -0.0610. The van der Waals surface area contributed by atoms with Gasteiger partial charge in [0, 0.05) is 19.3 Å². The number of alkyl halides is 2. The minimum atomic E-state index is -2.82. The van der Waals surface area contributed by atoms with Gasteiger partial charge in [-0.05, 0) is 0 Å². The smallest absolute Gasteiger partial charge is 0.278 e. The zero-order chi connectivity index (χ0) is 6.91. The molecule has 4 heteroatoms. The molecule has 1 rings (SSSR count). The Morgan fingerprint density at radius 3 is 2.44 bits per heavy atom. The second-order valence-electron chi connectivity index (χ2n) is 1.81. The molecule has 0 saturated carbocycles. The van der Waals surface area contributed by atoms with Gasteiger partial charge in [0.15, 0.2) is 0 Å². The number of nitrogens with zero attached hydrogens (tertiary/aromatic N) is 2.